The van der Waals surface area contributed by atoms with Crippen molar-refractivity contribution in [3.63, 3.8) is 0 Å². The van der Waals surface area contributed by atoms with Crippen LogP contribution < -0.4 is 40.1 Å². The molecule has 0 aliphatic carbocycles. The Labute approximate surface area is 300 Å². The lowest BCUT2D eigenvalue weighted by Crippen LogP contribution is -2.37. The molecule has 18 N–H and O–H groups in total. The summed E-state index contributed by atoms with van der Waals surface area (Å²) >= 11 is 0. The fourth-order valence-electron chi connectivity index (χ4n) is 2.68. The van der Waals surface area contributed by atoms with Crippen LogP contribution in [0.25, 0.3) is 0 Å². The highest BCUT2D eigenvalue weighted by Crippen LogP contribution is 2.09. The molecule has 3 amide bonds. The number of carboxylic acids is 2. The first-order chi connectivity index (χ1) is 22.0. The van der Waals surface area contributed by atoms with Gasteiger partial charge >= 0.3 is 41.9 Å². The number of primary amides is 2. The zero-order chi connectivity index (χ0) is 38.2. The molecule has 0 radical (unpaired) electrons. The summed E-state index contributed by atoms with van der Waals surface area (Å²) in [5.41, 5.74) is 24.9. The SMILES string of the molecule is CC(C)(C)OC(=O)CC[C@H](N)C(N)=O.COC(=O)CC[C@@H]1NC(=O)OC1=O.COC(=O)CC[C@H](N)C(N)=O.Cl.N.N[C@@H](CCC(=O)O)C(=O)O.O. The molecule has 0 aromatic carbocycles. The van der Waals surface area contributed by atoms with Crippen molar-refractivity contribution < 1.29 is 77.8 Å². The number of nitrogens with one attached hydrogen (secondary N) is 1. The van der Waals surface area contributed by atoms with Crippen molar-refractivity contribution in [3.05, 3.63) is 0 Å². The first-order valence-electron chi connectivity index (χ1n) is 14.1. The van der Waals surface area contributed by atoms with Crippen LogP contribution in [0.5, 0.6) is 0 Å². The Balaban J connectivity index is -0.000000131. The van der Waals surface area contributed by atoms with Crippen LogP contribution in [0.15, 0.2) is 0 Å². The molecule has 0 aromatic heterocycles. The lowest BCUT2D eigenvalue weighted by molar-refractivity contribution is -0.155. The number of methoxy groups -OCH3 is 2. The number of rotatable bonds is 15. The number of esters is 4. The lowest BCUT2D eigenvalue weighted by atomic mass is 10.1. The number of cyclic esters (lactones) is 2. The van der Waals surface area contributed by atoms with Crippen LogP contribution in [0.3, 0.4) is 0 Å². The number of ether oxygens (including phenoxy) is 4. The van der Waals surface area contributed by atoms with Crippen LogP contribution in [0.2, 0.25) is 0 Å². The topological polar surface area (TPSA) is 440 Å². The highest BCUT2D eigenvalue weighted by molar-refractivity contribution is 5.95. The van der Waals surface area contributed by atoms with E-state index in [-0.39, 0.29) is 87.3 Å². The zero-order valence-corrected chi connectivity index (χ0v) is 30.0. The summed E-state index contributed by atoms with van der Waals surface area (Å²) in [5.74, 6) is -5.22. The van der Waals surface area contributed by atoms with Gasteiger partial charge in [-0.15, -0.1) is 12.4 Å². The van der Waals surface area contributed by atoms with Crippen LogP contribution >= 0.6 is 12.4 Å². The Hall–Kier alpha value is -4.68. The van der Waals surface area contributed by atoms with E-state index in [1.807, 2.05) is 0 Å². The van der Waals surface area contributed by atoms with Gasteiger partial charge in [-0.1, -0.05) is 0 Å². The smallest absolute Gasteiger partial charge is 0.415 e. The molecule has 300 valence electrons. The van der Waals surface area contributed by atoms with E-state index in [9.17, 15) is 43.2 Å². The third kappa shape index (κ3) is 36.4. The van der Waals surface area contributed by atoms with Crippen molar-refractivity contribution in [2.75, 3.05) is 14.2 Å². The first kappa shape index (κ1) is 58.5. The van der Waals surface area contributed by atoms with Gasteiger partial charge in [0.1, 0.15) is 17.7 Å². The number of carbonyl (C=O) groups is 9. The minimum Gasteiger partial charge on any atom is -0.481 e. The Morgan fingerprint density at radius 2 is 1.16 bits per heavy atom. The molecule has 24 heteroatoms. The monoisotopic (exact) mass is 767 g/mol. The van der Waals surface area contributed by atoms with Gasteiger partial charge in [0.25, 0.3) is 0 Å². The average Bonchev–Trinajstić information content (AvgIpc) is 3.31. The Bertz CT molecular complexity index is 1120. The van der Waals surface area contributed by atoms with E-state index in [0.717, 1.165) is 0 Å². The second-order valence-electron chi connectivity index (χ2n) is 10.7. The minimum absolute atomic E-state index is 0. The predicted molar refractivity (Wildman–Crippen MR) is 179 cm³/mol. The summed E-state index contributed by atoms with van der Waals surface area (Å²) in [5, 5.41) is 18.5. The molecule has 0 unspecified atom stereocenters. The fourth-order valence-corrected chi connectivity index (χ4v) is 2.68. The summed E-state index contributed by atoms with van der Waals surface area (Å²) in [6.45, 7) is 5.33. The van der Waals surface area contributed by atoms with Gasteiger partial charge in [0, 0.05) is 25.7 Å². The molecule has 1 aliphatic heterocycles. The number of carbonyl (C=O) groups excluding carboxylic acids is 7. The standard InChI is InChI=1S/C9H18N2O3.C7H9NO5.C6H12N2O3.C5H9NO4.ClH.H3N.H2O/c1-9(2,3)14-7(12)5-4-6(10)8(11)13;1-12-5(9)3-2-4-6(10)13-7(11)8-4;1-11-5(9)3-2-4(7)6(8)10;6-3(5(9)10)1-2-4(7)8;;;/h6H,4-5,10H2,1-3H3,(H2,11,13);4H,2-3H2,1H3,(H,8,11);4H,2-3,7H2,1H3,(H2,8,10);3H,1-2,6H2,(H,7,8)(H,9,10);1H;1H3;1H2/t6-;2*4-;3-;;;/m0000.../s1. The summed E-state index contributed by atoms with van der Waals surface area (Å²) in [6, 6.07) is -3.31. The summed E-state index contributed by atoms with van der Waals surface area (Å²) in [4.78, 5) is 94.4. The number of amides is 3. The molecule has 0 spiro atoms. The number of aliphatic carboxylic acids is 2. The summed E-state index contributed by atoms with van der Waals surface area (Å²) in [7, 11) is 2.53. The molecule has 0 aromatic rings. The zero-order valence-electron chi connectivity index (χ0n) is 29.2. The van der Waals surface area contributed by atoms with Gasteiger partial charge in [0.2, 0.25) is 11.8 Å². The molecular formula is C27H54ClN7O16. The number of alkyl carbamates (subject to hydrolysis) is 1. The molecule has 51 heavy (non-hydrogen) atoms. The molecule has 23 nitrogen and oxygen atoms in total. The van der Waals surface area contributed by atoms with E-state index in [2.05, 4.69) is 19.5 Å². The highest BCUT2D eigenvalue weighted by atomic mass is 35.5. The average molecular weight is 768 g/mol. The second kappa shape index (κ2) is 31.3. The third-order valence-electron chi connectivity index (χ3n) is 5.32. The van der Waals surface area contributed by atoms with Gasteiger partial charge in [0.15, 0.2) is 0 Å². The van der Waals surface area contributed by atoms with Crippen molar-refractivity contribution in [1.82, 2.24) is 11.5 Å². The van der Waals surface area contributed by atoms with Crippen molar-refractivity contribution in [2.45, 2.75) is 102 Å². The second-order valence-corrected chi connectivity index (χ2v) is 10.7. The Morgan fingerprint density at radius 1 is 0.765 bits per heavy atom. The van der Waals surface area contributed by atoms with Gasteiger partial charge in [-0.25, -0.2) is 9.59 Å². The molecular weight excluding hydrogens is 714 g/mol. The summed E-state index contributed by atoms with van der Waals surface area (Å²) < 4.78 is 17.9. The number of halogens is 1. The van der Waals surface area contributed by atoms with Crippen LogP contribution in [-0.4, -0.2) is 113 Å². The number of nitrogens with two attached hydrogens (primary N) is 5. The molecule has 1 saturated heterocycles. The Kier molecular flexibility index (Phi) is 35.9. The van der Waals surface area contributed by atoms with Crippen molar-refractivity contribution >= 4 is 66.1 Å². The molecule has 0 saturated carbocycles. The van der Waals surface area contributed by atoms with Crippen LogP contribution in [0.1, 0.15) is 72.1 Å². The van der Waals surface area contributed by atoms with Crippen LogP contribution in [0, 0.1) is 0 Å². The number of carboxylic acid groups (broad SMARTS) is 2. The third-order valence-corrected chi connectivity index (χ3v) is 5.32. The first-order valence-corrected chi connectivity index (χ1v) is 14.1. The van der Waals surface area contributed by atoms with Gasteiger partial charge in [-0.2, -0.15) is 0 Å². The van der Waals surface area contributed by atoms with Gasteiger partial charge < -0.3 is 74.8 Å². The van der Waals surface area contributed by atoms with E-state index < -0.39 is 71.6 Å². The molecule has 4 atom stereocenters. The highest BCUT2D eigenvalue weighted by Gasteiger charge is 2.32. The van der Waals surface area contributed by atoms with E-state index in [0.29, 0.717) is 0 Å². The number of hydrogen-bond donors (Lipinski definition) is 9. The van der Waals surface area contributed by atoms with Crippen LogP contribution in [-0.2, 0) is 57.3 Å². The van der Waals surface area contributed by atoms with E-state index in [1.54, 1.807) is 20.8 Å². The van der Waals surface area contributed by atoms with E-state index in [1.165, 1.54) is 14.2 Å². The number of hydrogen-bond acceptors (Lipinski definition) is 17. The quantitative estimate of drug-likeness (QED) is 0.0464. The minimum atomic E-state index is -1.17. The molecule has 1 rings (SSSR count). The van der Waals surface area contributed by atoms with E-state index in [4.69, 9.17) is 43.6 Å². The maximum absolute atomic E-state index is 11.2. The molecule has 1 heterocycles. The lowest BCUT2D eigenvalue weighted by Gasteiger charge is -2.19. The van der Waals surface area contributed by atoms with Crippen LogP contribution in [0.4, 0.5) is 4.79 Å². The normalized spacial score (nSPS) is 14.1. The molecule has 1 fully saturated rings. The Morgan fingerprint density at radius 3 is 1.47 bits per heavy atom. The maximum atomic E-state index is 11.2. The largest absolute Gasteiger partial charge is 0.481 e. The van der Waals surface area contributed by atoms with Gasteiger partial charge in [0.05, 0.1) is 26.3 Å². The van der Waals surface area contributed by atoms with Crippen molar-refractivity contribution in [2.24, 2.45) is 28.7 Å². The molecule has 1 aliphatic rings. The summed E-state index contributed by atoms with van der Waals surface area (Å²) in [6.07, 6.45) is 0.0000378. The fraction of sp³-hybridized carbons (Fsp3) is 0.667. The van der Waals surface area contributed by atoms with Crippen molar-refractivity contribution in [3.8, 4) is 0 Å². The predicted octanol–water partition coefficient (Wildman–Crippen LogP) is -2.73. The van der Waals surface area contributed by atoms with Gasteiger partial charge in [-0.05, 0) is 46.5 Å². The van der Waals surface area contributed by atoms with E-state index >= 15 is 0 Å². The van der Waals surface area contributed by atoms with Crippen molar-refractivity contribution in [1.29, 1.82) is 0 Å². The maximum Gasteiger partial charge on any atom is 0.415 e. The molecule has 0 bridgehead atoms. The van der Waals surface area contributed by atoms with Gasteiger partial charge in [-0.3, -0.25) is 33.6 Å².